The summed E-state index contributed by atoms with van der Waals surface area (Å²) in [5, 5.41) is 8.00. The zero-order valence-electron chi connectivity index (χ0n) is 33.4. The fraction of sp³-hybridized carbons (Fsp3) is 0.107. The molecule has 0 aromatic heterocycles. The molecule has 2 heterocycles. The van der Waals surface area contributed by atoms with Crippen LogP contribution >= 0.6 is 20.1 Å². The Morgan fingerprint density at radius 2 is 0.983 bits per heavy atom. The smallest absolute Gasteiger partial charge is 0.00368 e. The van der Waals surface area contributed by atoms with Crippen molar-refractivity contribution >= 4 is 58.4 Å². The minimum absolute atomic E-state index is 1.10. The van der Waals surface area contributed by atoms with Gasteiger partial charge in [-0.1, -0.05) is 133 Å². The maximum atomic E-state index is 2.63. The molecular weight excluding hydrogens is 737 g/mol. The number of fused-ring (bicyclic) bond motifs is 12. The molecule has 0 amide bonds. The topological polar surface area (TPSA) is 0 Å². The average Bonchev–Trinajstić information content (AvgIpc) is 3.64. The summed E-state index contributed by atoms with van der Waals surface area (Å²) in [5.41, 5.74) is 16.3. The zero-order chi connectivity index (χ0) is 38.9. The first kappa shape index (κ1) is 34.3. The highest BCUT2D eigenvalue weighted by molar-refractivity contribution is 8.33. The van der Waals surface area contributed by atoms with Gasteiger partial charge in [-0.3, -0.25) is 0 Å². The monoisotopic (exact) mass is 780 g/mol. The molecule has 9 aromatic rings. The molecule has 9 aromatic carbocycles. The minimum atomic E-state index is -1.32. The van der Waals surface area contributed by atoms with Gasteiger partial charge >= 0.3 is 0 Å². The molecule has 3 aliphatic rings. The number of rotatable bonds is 3. The number of allylic oxidation sites excluding steroid dienone is 1. The molecule has 0 unspecified atom stereocenters. The van der Waals surface area contributed by atoms with Crippen molar-refractivity contribution in [1.29, 1.82) is 0 Å². The third kappa shape index (κ3) is 4.68. The van der Waals surface area contributed by atoms with Gasteiger partial charge in [-0.25, -0.2) is 0 Å². The van der Waals surface area contributed by atoms with Crippen LogP contribution in [0.3, 0.4) is 0 Å². The van der Waals surface area contributed by atoms with E-state index >= 15 is 0 Å². The van der Waals surface area contributed by atoms with Crippen molar-refractivity contribution in [1.82, 2.24) is 0 Å². The molecule has 1 aliphatic carbocycles. The van der Waals surface area contributed by atoms with E-state index in [4.69, 9.17) is 0 Å². The molecule has 2 heteroatoms. The van der Waals surface area contributed by atoms with E-state index < -0.39 is 20.1 Å². The first-order valence-electron chi connectivity index (χ1n) is 20.4. The molecule has 0 saturated carbocycles. The van der Waals surface area contributed by atoms with Crippen LogP contribution in [-0.2, 0) is 6.42 Å². The highest BCUT2D eigenvalue weighted by Gasteiger charge is 2.39. The summed E-state index contributed by atoms with van der Waals surface area (Å²) >= 11 is 0. The Balaban J connectivity index is 1.26. The van der Waals surface area contributed by atoms with Gasteiger partial charge in [0, 0.05) is 36.1 Å². The van der Waals surface area contributed by atoms with Crippen molar-refractivity contribution < 1.29 is 0 Å². The molecule has 0 N–H and O–H groups in total. The van der Waals surface area contributed by atoms with Crippen LogP contribution < -0.4 is 0 Å². The zero-order valence-corrected chi connectivity index (χ0v) is 35.0. The molecular formula is C56H44S2. The highest BCUT2D eigenvalue weighted by atomic mass is 32.3. The fourth-order valence-electron chi connectivity index (χ4n) is 10.7. The number of aryl methyl sites for hydroxylation is 1. The lowest BCUT2D eigenvalue weighted by molar-refractivity contribution is 0.986. The third-order valence-corrected chi connectivity index (χ3v) is 19.2. The molecule has 0 spiro atoms. The van der Waals surface area contributed by atoms with Gasteiger partial charge in [0.05, 0.1) is 0 Å². The molecule has 0 atom stereocenters. The van der Waals surface area contributed by atoms with Gasteiger partial charge in [-0.05, 0) is 157 Å². The van der Waals surface area contributed by atoms with Crippen molar-refractivity contribution in [2.45, 2.75) is 32.4 Å². The Bertz CT molecular complexity index is 3250. The lowest BCUT2D eigenvalue weighted by Crippen LogP contribution is -1.98. The van der Waals surface area contributed by atoms with Crippen LogP contribution in [-0.4, -0.2) is 25.0 Å². The largest absolute Gasteiger partial charge is 0.192 e. The maximum absolute atomic E-state index is 2.63. The Morgan fingerprint density at radius 3 is 1.74 bits per heavy atom. The number of hydrogen-bond donors (Lipinski definition) is 0. The van der Waals surface area contributed by atoms with Crippen molar-refractivity contribution in [2.75, 3.05) is 25.0 Å². The van der Waals surface area contributed by atoms with Gasteiger partial charge in [0.25, 0.3) is 0 Å². The Labute approximate surface area is 344 Å². The summed E-state index contributed by atoms with van der Waals surface area (Å²) < 4.78 is 0. The van der Waals surface area contributed by atoms with Crippen LogP contribution in [0.15, 0.2) is 183 Å². The predicted molar refractivity (Wildman–Crippen MR) is 255 cm³/mol. The lowest BCUT2D eigenvalue weighted by atomic mass is 9.81. The second-order valence-corrected chi connectivity index (χ2v) is 24.1. The highest BCUT2D eigenvalue weighted by Crippen LogP contribution is 2.73. The van der Waals surface area contributed by atoms with E-state index in [0.717, 1.165) is 12.8 Å². The fourth-order valence-corrected chi connectivity index (χ4v) is 15.7. The van der Waals surface area contributed by atoms with Gasteiger partial charge in [0.2, 0.25) is 0 Å². The van der Waals surface area contributed by atoms with Gasteiger partial charge in [-0.15, -0.1) is 0 Å². The molecule has 12 rings (SSSR count). The first-order valence-corrected chi connectivity index (χ1v) is 25.3. The lowest BCUT2D eigenvalue weighted by Gasteiger charge is -2.30. The summed E-state index contributed by atoms with van der Waals surface area (Å²) in [7, 11) is -2.52. The van der Waals surface area contributed by atoms with Crippen molar-refractivity contribution in [3.05, 3.63) is 175 Å². The minimum Gasteiger partial charge on any atom is -0.192 e. The van der Waals surface area contributed by atoms with E-state index in [2.05, 4.69) is 195 Å². The third-order valence-electron chi connectivity index (χ3n) is 13.5. The van der Waals surface area contributed by atoms with Crippen LogP contribution in [0.2, 0.25) is 0 Å². The Hall–Kier alpha value is -5.80. The van der Waals surface area contributed by atoms with E-state index in [1.54, 1.807) is 0 Å². The van der Waals surface area contributed by atoms with Crippen LogP contribution in [0.1, 0.15) is 17.5 Å². The summed E-state index contributed by atoms with van der Waals surface area (Å²) in [4.78, 5) is 6.02. The molecule has 280 valence electrons. The van der Waals surface area contributed by atoms with Gasteiger partial charge in [-0.2, -0.15) is 20.1 Å². The van der Waals surface area contributed by atoms with E-state index in [-0.39, 0.29) is 0 Å². The molecule has 58 heavy (non-hydrogen) atoms. The van der Waals surface area contributed by atoms with Crippen molar-refractivity contribution in [3.63, 3.8) is 0 Å². The summed E-state index contributed by atoms with van der Waals surface area (Å²) in [6, 6.07) is 60.8. The number of hydrogen-bond acceptors (Lipinski definition) is 0. The van der Waals surface area contributed by atoms with Crippen molar-refractivity contribution in [2.24, 2.45) is 0 Å². The van der Waals surface area contributed by atoms with E-state index in [0.29, 0.717) is 0 Å². The van der Waals surface area contributed by atoms with E-state index in [1.165, 1.54) is 119 Å². The predicted octanol–water partition coefficient (Wildman–Crippen LogP) is 16.0. The van der Waals surface area contributed by atoms with Crippen LogP contribution in [0.5, 0.6) is 0 Å². The summed E-state index contributed by atoms with van der Waals surface area (Å²) in [5.74, 6) is 0. The van der Waals surface area contributed by atoms with Crippen LogP contribution in [0.25, 0.3) is 94.0 Å². The Morgan fingerprint density at radius 1 is 0.379 bits per heavy atom. The molecule has 0 fully saturated rings. The SMILES string of the molecule is CS1(C)c2ccccc2-c2c1ccc1c(-c3c4ccccc4c(-c4ccc5c(c4)C=CCC5)c4cc(-c5ccccc5)ccc34)cc3c(c21)-c1ccccc1S3(C)C. The van der Waals surface area contributed by atoms with Gasteiger partial charge < -0.3 is 0 Å². The van der Waals surface area contributed by atoms with Crippen molar-refractivity contribution in [3.8, 4) is 55.6 Å². The quantitative estimate of drug-likeness (QED) is 0.157. The van der Waals surface area contributed by atoms with E-state index in [1.807, 2.05) is 0 Å². The molecule has 0 nitrogen and oxygen atoms in total. The Kier molecular flexibility index (Phi) is 7.30. The standard InChI is InChI=1S/C56H44S2/c1-57(2)48-24-14-12-22-44(48)54-50(57)31-30-43-47(34-51-55(56(43)54)45-23-13-15-25-49(45)58(51,3)4)53-41-21-11-10-20-40(41)52(39-27-26-36-18-8-9-19-37(36)32-39)46-33-38(28-29-42(46)53)35-16-6-5-7-17-35/h5-7,9-17,19-34H,8,18H2,1-4H3. The van der Waals surface area contributed by atoms with Gasteiger partial charge in [0.15, 0.2) is 0 Å². The second-order valence-electron chi connectivity index (χ2n) is 17.1. The second kappa shape index (κ2) is 12.4. The normalized spacial score (nSPS) is 16.4. The molecule has 0 radical (unpaired) electrons. The van der Waals surface area contributed by atoms with E-state index in [9.17, 15) is 0 Å². The molecule has 0 bridgehead atoms. The van der Waals surface area contributed by atoms with Crippen LogP contribution in [0.4, 0.5) is 0 Å². The summed E-state index contributed by atoms with van der Waals surface area (Å²) in [6.45, 7) is 0. The first-order chi connectivity index (χ1) is 28.3. The summed E-state index contributed by atoms with van der Waals surface area (Å²) in [6.07, 6.45) is 16.9. The molecule has 2 aliphatic heterocycles. The average molecular weight is 781 g/mol. The molecule has 0 saturated heterocycles. The van der Waals surface area contributed by atoms with Crippen LogP contribution in [0, 0.1) is 0 Å². The van der Waals surface area contributed by atoms with Gasteiger partial charge in [0.1, 0.15) is 0 Å². The maximum Gasteiger partial charge on any atom is 0.00368 e. The number of benzene rings is 9.